The number of nitrogens with one attached hydrogen (secondary N) is 1. The second-order valence-corrected chi connectivity index (χ2v) is 5.98. The monoisotopic (exact) mass is 244 g/mol. The molecule has 2 saturated heterocycles. The first-order valence-corrected chi connectivity index (χ1v) is 7.64. The largest absolute Gasteiger partial charge is 0.379 e. The van der Waals surface area contributed by atoms with Crippen LogP contribution in [0.1, 0.15) is 19.8 Å². The summed E-state index contributed by atoms with van der Waals surface area (Å²) in [7, 11) is 0. The Hall–Kier alpha value is 0.230. The molecule has 2 unspecified atom stereocenters. The van der Waals surface area contributed by atoms with Gasteiger partial charge in [0.2, 0.25) is 0 Å². The molecule has 0 aromatic rings. The molecule has 2 heterocycles. The van der Waals surface area contributed by atoms with Gasteiger partial charge in [0.1, 0.15) is 0 Å². The molecule has 0 amide bonds. The quantitative estimate of drug-likeness (QED) is 0.803. The first kappa shape index (κ1) is 12.7. The van der Waals surface area contributed by atoms with Crippen molar-refractivity contribution in [3.63, 3.8) is 0 Å². The highest BCUT2D eigenvalue weighted by Gasteiger charge is 2.18. The van der Waals surface area contributed by atoms with E-state index in [1.807, 2.05) is 0 Å². The Kier molecular flexibility index (Phi) is 5.42. The second-order valence-electron chi connectivity index (χ2n) is 4.83. The summed E-state index contributed by atoms with van der Waals surface area (Å²) < 4.78 is 5.44. The molecule has 2 atom stereocenters. The zero-order valence-electron chi connectivity index (χ0n) is 10.3. The number of rotatable bonds is 4. The minimum atomic E-state index is 0.594. The predicted molar refractivity (Wildman–Crippen MR) is 70.2 cm³/mol. The molecule has 2 fully saturated rings. The minimum Gasteiger partial charge on any atom is -0.379 e. The molecule has 3 nitrogen and oxygen atoms in total. The number of morpholine rings is 1. The van der Waals surface area contributed by atoms with Crippen LogP contribution in [0.4, 0.5) is 0 Å². The fourth-order valence-electron chi connectivity index (χ4n) is 2.41. The minimum absolute atomic E-state index is 0.594. The highest BCUT2D eigenvalue weighted by molar-refractivity contribution is 7.99. The van der Waals surface area contributed by atoms with Crippen molar-refractivity contribution in [1.29, 1.82) is 0 Å². The molecular weight excluding hydrogens is 220 g/mol. The molecule has 0 spiro atoms. The molecule has 2 aliphatic heterocycles. The van der Waals surface area contributed by atoms with Crippen molar-refractivity contribution in [2.45, 2.75) is 31.8 Å². The molecule has 0 bridgehead atoms. The predicted octanol–water partition coefficient (Wildman–Crippen LogP) is 1.19. The Morgan fingerprint density at radius 2 is 2.44 bits per heavy atom. The van der Waals surface area contributed by atoms with Gasteiger partial charge in [0.25, 0.3) is 0 Å². The lowest BCUT2D eigenvalue weighted by atomic mass is 10.2. The highest BCUT2D eigenvalue weighted by atomic mass is 32.2. The molecule has 94 valence electrons. The number of hydrogen-bond acceptors (Lipinski definition) is 4. The summed E-state index contributed by atoms with van der Waals surface area (Å²) >= 11 is 2.09. The van der Waals surface area contributed by atoms with Gasteiger partial charge in [-0.15, -0.1) is 0 Å². The van der Waals surface area contributed by atoms with Crippen LogP contribution < -0.4 is 5.32 Å². The third-order valence-corrected chi connectivity index (χ3v) is 4.71. The topological polar surface area (TPSA) is 24.5 Å². The van der Waals surface area contributed by atoms with Crippen LogP contribution >= 0.6 is 11.8 Å². The Bertz CT molecular complexity index is 197. The molecule has 0 aromatic heterocycles. The van der Waals surface area contributed by atoms with E-state index in [2.05, 4.69) is 28.9 Å². The van der Waals surface area contributed by atoms with E-state index in [0.29, 0.717) is 6.04 Å². The van der Waals surface area contributed by atoms with E-state index in [4.69, 9.17) is 4.74 Å². The van der Waals surface area contributed by atoms with E-state index in [9.17, 15) is 0 Å². The lowest BCUT2D eigenvalue weighted by molar-refractivity contribution is 0.000199. The fourth-order valence-corrected chi connectivity index (χ4v) is 3.51. The van der Waals surface area contributed by atoms with Gasteiger partial charge in [-0.25, -0.2) is 0 Å². The third-order valence-electron chi connectivity index (χ3n) is 3.50. The summed E-state index contributed by atoms with van der Waals surface area (Å²) in [5, 5.41) is 3.69. The maximum absolute atomic E-state index is 5.44. The van der Waals surface area contributed by atoms with Crippen LogP contribution in [0.3, 0.4) is 0 Å². The van der Waals surface area contributed by atoms with Gasteiger partial charge in [-0.3, -0.25) is 4.90 Å². The van der Waals surface area contributed by atoms with Gasteiger partial charge < -0.3 is 10.1 Å². The van der Waals surface area contributed by atoms with E-state index >= 15 is 0 Å². The van der Waals surface area contributed by atoms with Crippen LogP contribution in [-0.4, -0.2) is 61.3 Å². The summed E-state index contributed by atoms with van der Waals surface area (Å²) in [5.41, 5.74) is 0. The molecule has 0 aliphatic carbocycles. The summed E-state index contributed by atoms with van der Waals surface area (Å²) in [5.74, 6) is 2.66. The van der Waals surface area contributed by atoms with Crippen LogP contribution in [0.5, 0.6) is 0 Å². The van der Waals surface area contributed by atoms with Crippen molar-refractivity contribution in [2.75, 3.05) is 44.4 Å². The standard InChI is InChI=1S/C12H24N2OS/c1-11-9-15-7-6-14(11)5-4-13-12-3-2-8-16-10-12/h11-13H,2-10H2,1H3. The third kappa shape index (κ3) is 3.91. The molecular formula is C12H24N2OS. The summed E-state index contributed by atoms with van der Waals surface area (Å²) in [4.78, 5) is 2.53. The van der Waals surface area contributed by atoms with Crippen molar-refractivity contribution in [2.24, 2.45) is 0 Å². The van der Waals surface area contributed by atoms with Crippen molar-refractivity contribution >= 4 is 11.8 Å². The molecule has 0 saturated carbocycles. The van der Waals surface area contributed by atoms with Crippen LogP contribution in [0.2, 0.25) is 0 Å². The highest BCUT2D eigenvalue weighted by Crippen LogP contribution is 2.16. The molecule has 1 N–H and O–H groups in total. The molecule has 16 heavy (non-hydrogen) atoms. The van der Waals surface area contributed by atoms with Crippen LogP contribution in [0.15, 0.2) is 0 Å². The zero-order valence-corrected chi connectivity index (χ0v) is 11.1. The van der Waals surface area contributed by atoms with Gasteiger partial charge in [0, 0.05) is 37.5 Å². The van der Waals surface area contributed by atoms with E-state index in [1.54, 1.807) is 0 Å². The van der Waals surface area contributed by atoms with Gasteiger partial charge in [0.05, 0.1) is 13.2 Å². The van der Waals surface area contributed by atoms with Crippen molar-refractivity contribution < 1.29 is 4.74 Å². The molecule has 2 aliphatic rings. The fraction of sp³-hybridized carbons (Fsp3) is 1.00. The normalized spacial score (nSPS) is 32.8. The summed E-state index contributed by atoms with van der Waals surface area (Å²) in [6.07, 6.45) is 2.75. The molecule has 2 rings (SSSR count). The molecule has 4 heteroatoms. The van der Waals surface area contributed by atoms with E-state index < -0.39 is 0 Å². The lowest BCUT2D eigenvalue weighted by Crippen LogP contribution is -2.47. The Morgan fingerprint density at radius 1 is 1.50 bits per heavy atom. The average Bonchev–Trinajstić information content (AvgIpc) is 2.33. The number of hydrogen-bond donors (Lipinski definition) is 1. The van der Waals surface area contributed by atoms with Crippen molar-refractivity contribution in [3.8, 4) is 0 Å². The van der Waals surface area contributed by atoms with E-state index in [-0.39, 0.29) is 0 Å². The zero-order chi connectivity index (χ0) is 11.2. The van der Waals surface area contributed by atoms with Gasteiger partial charge in [0.15, 0.2) is 0 Å². The van der Waals surface area contributed by atoms with E-state index in [1.165, 1.54) is 30.9 Å². The van der Waals surface area contributed by atoms with Gasteiger partial charge in [-0.05, 0) is 25.5 Å². The Balaban J connectivity index is 1.59. The van der Waals surface area contributed by atoms with Gasteiger partial charge >= 0.3 is 0 Å². The average molecular weight is 244 g/mol. The molecule has 0 aromatic carbocycles. The van der Waals surface area contributed by atoms with Gasteiger partial charge in [-0.2, -0.15) is 11.8 Å². The second kappa shape index (κ2) is 6.84. The maximum atomic E-state index is 5.44. The lowest BCUT2D eigenvalue weighted by Gasteiger charge is -2.34. The van der Waals surface area contributed by atoms with E-state index in [0.717, 1.165) is 32.3 Å². The summed E-state index contributed by atoms with van der Waals surface area (Å²) in [6.45, 7) is 7.47. The SMILES string of the molecule is CC1COCCN1CCNC1CCCSC1. The Labute approximate surface area is 103 Å². The van der Waals surface area contributed by atoms with Crippen LogP contribution in [-0.2, 0) is 4.74 Å². The first-order chi connectivity index (χ1) is 7.86. The smallest absolute Gasteiger partial charge is 0.0619 e. The van der Waals surface area contributed by atoms with Crippen LogP contribution in [0.25, 0.3) is 0 Å². The number of nitrogens with zero attached hydrogens (tertiary/aromatic N) is 1. The van der Waals surface area contributed by atoms with Crippen LogP contribution in [0, 0.1) is 0 Å². The molecule has 0 radical (unpaired) electrons. The van der Waals surface area contributed by atoms with Crippen molar-refractivity contribution in [3.05, 3.63) is 0 Å². The number of ether oxygens (including phenoxy) is 1. The van der Waals surface area contributed by atoms with Gasteiger partial charge in [-0.1, -0.05) is 0 Å². The first-order valence-electron chi connectivity index (χ1n) is 6.49. The Morgan fingerprint density at radius 3 is 3.19 bits per heavy atom. The summed E-state index contributed by atoms with van der Waals surface area (Å²) in [6, 6.07) is 1.35. The maximum Gasteiger partial charge on any atom is 0.0619 e. The van der Waals surface area contributed by atoms with Crippen molar-refractivity contribution in [1.82, 2.24) is 10.2 Å². The number of thioether (sulfide) groups is 1.